The molecule has 0 aromatic heterocycles. The zero-order chi connectivity index (χ0) is 22.8. The fraction of sp³-hybridized carbons (Fsp3) is 0.862. The molecule has 0 aromatic carbocycles. The number of hydrogen-bond acceptors (Lipinski definition) is 2. The summed E-state index contributed by atoms with van der Waals surface area (Å²) in [6.45, 7) is 16.2. The molecule has 0 heterocycles. The highest BCUT2D eigenvalue weighted by atomic mass is 16.3. The lowest BCUT2D eigenvalue weighted by Gasteiger charge is -2.62. The minimum atomic E-state index is -0.236. The number of aliphatic hydroxyl groups is 2. The fourth-order valence-electron chi connectivity index (χ4n) is 9.15. The van der Waals surface area contributed by atoms with Crippen LogP contribution in [-0.4, -0.2) is 22.4 Å². The Labute approximate surface area is 191 Å². The molecule has 4 aliphatic carbocycles. The molecule has 3 fully saturated rings. The standard InChI is InChI=1S/C29H48O2/c1-18(2)9-8-10-19(3)21-12-13-22-20-11-14-24-27(4,5)25(30)15-16-28(24,6)23(20)17-26(31)29(21,22)7/h9,14,19-23,25-26,30-31H,8,10-13,15-17H2,1-7H3/t19-,20+,21-,22+,23+,25-,26+,28-,29-/m1/s1. The van der Waals surface area contributed by atoms with Crippen molar-refractivity contribution >= 4 is 0 Å². The van der Waals surface area contributed by atoms with Gasteiger partial charge in [0.05, 0.1) is 12.2 Å². The van der Waals surface area contributed by atoms with Crippen LogP contribution >= 0.6 is 0 Å². The molecule has 0 aromatic rings. The monoisotopic (exact) mass is 428 g/mol. The predicted molar refractivity (Wildman–Crippen MR) is 130 cm³/mol. The summed E-state index contributed by atoms with van der Waals surface area (Å²) < 4.78 is 0. The molecular weight excluding hydrogens is 380 g/mol. The van der Waals surface area contributed by atoms with Gasteiger partial charge in [-0.05, 0) is 106 Å². The first-order chi connectivity index (χ1) is 14.4. The first-order valence-corrected chi connectivity index (χ1v) is 13.1. The average molecular weight is 429 g/mol. The van der Waals surface area contributed by atoms with Crippen LogP contribution in [-0.2, 0) is 0 Å². The van der Waals surface area contributed by atoms with Crippen LogP contribution in [0.2, 0.25) is 0 Å². The van der Waals surface area contributed by atoms with Gasteiger partial charge in [0.2, 0.25) is 0 Å². The highest BCUT2D eigenvalue weighted by molar-refractivity contribution is 5.31. The minimum Gasteiger partial charge on any atom is -0.393 e. The molecule has 176 valence electrons. The largest absolute Gasteiger partial charge is 0.393 e. The summed E-state index contributed by atoms with van der Waals surface area (Å²) in [4.78, 5) is 0. The van der Waals surface area contributed by atoms with Crippen molar-refractivity contribution in [2.75, 3.05) is 0 Å². The number of aliphatic hydroxyl groups excluding tert-OH is 2. The lowest BCUT2D eigenvalue weighted by atomic mass is 9.43. The van der Waals surface area contributed by atoms with Crippen molar-refractivity contribution in [2.45, 2.75) is 112 Å². The molecule has 9 atom stereocenters. The average Bonchev–Trinajstić information content (AvgIpc) is 3.05. The van der Waals surface area contributed by atoms with Gasteiger partial charge >= 0.3 is 0 Å². The van der Waals surface area contributed by atoms with Gasteiger partial charge in [-0.25, -0.2) is 0 Å². The lowest BCUT2D eigenvalue weighted by molar-refractivity contribution is -0.142. The Morgan fingerprint density at radius 3 is 2.45 bits per heavy atom. The van der Waals surface area contributed by atoms with Gasteiger partial charge in [-0.15, -0.1) is 0 Å². The molecule has 4 aliphatic rings. The Hall–Kier alpha value is -0.600. The molecule has 0 aliphatic heterocycles. The molecule has 0 bridgehead atoms. The Bertz CT molecular complexity index is 744. The van der Waals surface area contributed by atoms with E-state index in [-0.39, 0.29) is 28.5 Å². The van der Waals surface area contributed by atoms with Crippen molar-refractivity contribution in [1.82, 2.24) is 0 Å². The quantitative estimate of drug-likeness (QED) is 0.477. The third-order valence-corrected chi connectivity index (χ3v) is 11.0. The van der Waals surface area contributed by atoms with Crippen LogP contribution in [0, 0.1) is 45.8 Å². The van der Waals surface area contributed by atoms with E-state index in [4.69, 9.17) is 0 Å². The third kappa shape index (κ3) is 3.50. The summed E-state index contributed by atoms with van der Waals surface area (Å²) in [7, 11) is 0. The van der Waals surface area contributed by atoms with Gasteiger partial charge in [-0.2, -0.15) is 0 Å². The van der Waals surface area contributed by atoms with Crippen molar-refractivity contribution in [1.29, 1.82) is 0 Å². The molecular formula is C29H48O2. The maximum atomic E-state index is 11.7. The smallest absolute Gasteiger partial charge is 0.0628 e. The number of fused-ring (bicyclic) bond motifs is 5. The Balaban J connectivity index is 1.61. The zero-order valence-electron chi connectivity index (χ0n) is 21.2. The van der Waals surface area contributed by atoms with E-state index in [9.17, 15) is 10.2 Å². The van der Waals surface area contributed by atoms with Gasteiger partial charge in [0.25, 0.3) is 0 Å². The number of hydrogen-bond donors (Lipinski definition) is 2. The fourth-order valence-corrected chi connectivity index (χ4v) is 9.15. The van der Waals surface area contributed by atoms with E-state index in [2.05, 4.69) is 60.6 Å². The van der Waals surface area contributed by atoms with Gasteiger partial charge in [0.1, 0.15) is 0 Å². The molecule has 2 N–H and O–H groups in total. The van der Waals surface area contributed by atoms with Crippen molar-refractivity contribution < 1.29 is 10.2 Å². The second-order valence-electron chi connectivity index (χ2n) is 13.1. The molecule has 3 saturated carbocycles. The summed E-state index contributed by atoms with van der Waals surface area (Å²) in [5.41, 5.74) is 2.97. The number of rotatable bonds is 4. The van der Waals surface area contributed by atoms with Crippen LogP contribution in [0.25, 0.3) is 0 Å². The molecule has 0 saturated heterocycles. The molecule has 0 spiro atoms. The van der Waals surface area contributed by atoms with Crippen molar-refractivity contribution in [2.24, 2.45) is 45.8 Å². The van der Waals surface area contributed by atoms with Crippen LogP contribution < -0.4 is 0 Å². The predicted octanol–water partition coefficient (Wildman–Crippen LogP) is 6.92. The minimum absolute atomic E-state index is 0.0664. The highest BCUT2D eigenvalue weighted by Gasteiger charge is 2.64. The number of allylic oxidation sites excluding steroid dienone is 3. The molecule has 0 unspecified atom stereocenters. The molecule has 2 heteroatoms. The molecule has 4 rings (SSSR count). The Morgan fingerprint density at radius 2 is 1.77 bits per heavy atom. The van der Waals surface area contributed by atoms with Crippen LogP contribution in [0.3, 0.4) is 0 Å². The second-order valence-corrected chi connectivity index (χ2v) is 13.1. The van der Waals surface area contributed by atoms with E-state index < -0.39 is 0 Å². The van der Waals surface area contributed by atoms with Gasteiger partial charge in [-0.3, -0.25) is 0 Å². The van der Waals surface area contributed by atoms with E-state index in [1.54, 1.807) is 0 Å². The van der Waals surface area contributed by atoms with Crippen LogP contribution in [0.4, 0.5) is 0 Å². The second kappa shape index (κ2) is 8.01. The van der Waals surface area contributed by atoms with Crippen LogP contribution in [0.15, 0.2) is 23.3 Å². The summed E-state index contributed by atoms with van der Waals surface area (Å²) >= 11 is 0. The zero-order valence-corrected chi connectivity index (χ0v) is 21.2. The Morgan fingerprint density at radius 1 is 1.06 bits per heavy atom. The van der Waals surface area contributed by atoms with Crippen LogP contribution in [0.5, 0.6) is 0 Å². The maximum absolute atomic E-state index is 11.7. The normalized spacial score (nSPS) is 46.9. The molecule has 0 radical (unpaired) electrons. The summed E-state index contributed by atoms with van der Waals surface area (Å²) in [6, 6.07) is 0. The van der Waals surface area contributed by atoms with E-state index in [1.165, 1.54) is 36.8 Å². The van der Waals surface area contributed by atoms with E-state index >= 15 is 0 Å². The van der Waals surface area contributed by atoms with Crippen molar-refractivity contribution in [3.05, 3.63) is 23.3 Å². The van der Waals surface area contributed by atoms with E-state index in [0.29, 0.717) is 29.6 Å². The highest BCUT2D eigenvalue weighted by Crippen LogP contribution is 2.68. The summed E-state index contributed by atoms with van der Waals surface area (Å²) in [6.07, 6.45) is 13.5. The van der Waals surface area contributed by atoms with Gasteiger partial charge in [0, 0.05) is 5.41 Å². The van der Waals surface area contributed by atoms with Gasteiger partial charge in [0.15, 0.2) is 0 Å². The SMILES string of the molecule is CC(C)=CCC[C@@H](C)[C@H]1CC[C@H]2[C@@H]3CC=C4C(C)(C)[C@H](O)CC[C@]4(C)[C@H]3C[C@H](O)[C@]12C. The Kier molecular flexibility index (Phi) is 6.09. The topological polar surface area (TPSA) is 40.5 Å². The first kappa shape index (κ1) is 23.6. The van der Waals surface area contributed by atoms with Gasteiger partial charge in [-0.1, -0.05) is 57.9 Å². The maximum Gasteiger partial charge on any atom is 0.0628 e. The van der Waals surface area contributed by atoms with E-state index in [0.717, 1.165) is 25.7 Å². The third-order valence-electron chi connectivity index (χ3n) is 11.0. The molecule has 2 nitrogen and oxygen atoms in total. The van der Waals surface area contributed by atoms with Crippen LogP contribution in [0.1, 0.15) is 99.8 Å². The van der Waals surface area contributed by atoms with Gasteiger partial charge < -0.3 is 10.2 Å². The first-order valence-electron chi connectivity index (χ1n) is 13.1. The van der Waals surface area contributed by atoms with Crippen molar-refractivity contribution in [3.8, 4) is 0 Å². The summed E-state index contributed by atoms with van der Waals surface area (Å²) in [5.74, 6) is 3.21. The van der Waals surface area contributed by atoms with Crippen molar-refractivity contribution in [3.63, 3.8) is 0 Å². The lowest BCUT2D eigenvalue weighted by Crippen LogP contribution is -2.58. The molecule has 0 amide bonds. The molecule has 31 heavy (non-hydrogen) atoms. The van der Waals surface area contributed by atoms with E-state index in [1.807, 2.05) is 0 Å². The summed E-state index contributed by atoms with van der Waals surface area (Å²) in [5, 5.41) is 22.5.